The van der Waals surface area contributed by atoms with Crippen molar-refractivity contribution in [3.63, 3.8) is 0 Å². The van der Waals surface area contributed by atoms with Gasteiger partial charge in [-0.1, -0.05) is 6.58 Å². The largest absolute Gasteiger partial charge is 0.395 e. The summed E-state index contributed by atoms with van der Waals surface area (Å²) >= 11 is 1.12. The maximum atomic E-state index is 13.3. The Bertz CT molecular complexity index is 548. The van der Waals surface area contributed by atoms with E-state index in [0.717, 1.165) is 22.5 Å². The Labute approximate surface area is 106 Å². The van der Waals surface area contributed by atoms with Crippen LogP contribution in [0.4, 0.5) is 10.2 Å². The third-order valence-electron chi connectivity index (χ3n) is 2.72. The number of thioether (sulfide) groups is 1. The molecule has 0 aromatic carbocycles. The summed E-state index contributed by atoms with van der Waals surface area (Å²) in [4.78, 5) is 15.0. The molecule has 4 N–H and O–H groups in total. The minimum Gasteiger partial charge on any atom is -0.395 e. The van der Waals surface area contributed by atoms with Gasteiger partial charge >= 0.3 is 5.69 Å². The average molecular weight is 273 g/mol. The van der Waals surface area contributed by atoms with Crippen LogP contribution in [0.1, 0.15) is 5.37 Å². The molecule has 2 heterocycles. The molecule has 1 aromatic heterocycles. The molecule has 0 aliphatic carbocycles. The molecular weight excluding hydrogens is 261 g/mol. The fourth-order valence-corrected chi connectivity index (χ4v) is 3.06. The SMILES string of the molecule is C=C1C(O)[C@@H](CO)S[C@H]1n1cc(F)c(N)nc1=O. The van der Waals surface area contributed by atoms with Crippen molar-refractivity contribution in [1.82, 2.24) is 9.55 Å². The number of nitrogens with two attached hydrogens (primary N) is 1. The van der Waals surface area contributed by atoms with Gasteiger partial charge in [-0.15, -0.1) is 11.8 Å². The van der Waals surface area contributed by atoms with Crippen molar-refractivity contribution < 1.29 is 14.6 Å². The number of anilines is 1. The van der Waals surface area contributed by atoms with E-state index in [1.165, 1.54) is 0 Å². The van der Waals surface area contributed by atoms with Crippen molar-refractivity contribution in [3.05, 3.63) is 34.7 Å². The maximum Gasteiger partial charge on any atom is 0.350 e. The topological polar surface area (TPSA) is 101 Å². The third kappa shape index (κ3) is 2.02. The van der Waals surface area contributed by atoms with Crippen LogP contribution in [-0.4, -0.2) is 37.7 Å². The molecule has 1 fully saturated rings. The number of halogens is 1. The van der Waals surface area contributed by atoms with Crippen LogP contribution < -0.4 is 11.4 Å². The first-order valence-electron chi connectivity index (χ1n) is 5.13. The van der Waals surface area contributed by atoms with Gasteiger partial charge in [-0.25, -0.2) is 9.18 Å². The van der Waals surface area contributed by atoms with Crippen molar-refractivity contribution in [1.29, 1.82) is 0 Å². The Morgan fingerprint density at radius 1 is 1.67 bits per heavy atom. The summed E-state index contributed by atoms with van der Waals surface area (Å²) in [6, 6.07) is 0. The van der Waals surface area contributed by atoms with Gasteiger partial charge < -0.3 is 15.9 Å². The molecule has 1 aromatic rings. The summed E-state index contributed by atoms with van der Waals surface area (Å²) in [5.41, 5.74) is 4.79. The molecule has 0 bridgehead atoms. The Hall–Kier alpha value is -1.38. The number of aliphatic hydroxyl groups excluding tert-OH is 2. The lowest BCUT2D eigenvalue weighted by Crippen LogP contribution is -2.27. The summed E-state index contributed by atoms with van der Waals surface area (Å²) in [5.74, 6) is -1.28. The maximum absolute atomic E-state index is 13.3. The van der Waals surface area contributed by atoms with Gasteiger partial charge in [0, 0.05) is 6.20 Å². The summed E-state index contributed by atoms with van der Waals surface area (Å²) < 4.78 is 14.3. The average Bonchev–Trinajstić information content (AvgIpc) is 2.61. The van der Waals surface area contributed by atoms with E-state index < -0.39 is 34.1 Å². The number of hydrogen-bond acceptors (Lipinski definition) is 6. The van der Waals surface area contributed by atoms with Gasteiger partial charge in [0.2, 0.25) is 0 Å². The van der Waals surface area contributed by atoms with Gasteiger partial charge in [0.25, 0.3) is 0 Å². The Morgan fingerprint density at radius 3 is 2.89 bits per heavy atom. The minimum absolute atomic E-state index is 0.263. The van der Waals surface area contributed by atoms with E-state index in [4.69, 9.17) is 10.8 Å². The molecule has 0 radical (unpaired) electrons. The zero-order valence-electron chi connectivity index (χ0n) is 9.28. The number of aromatic nitrogens is 2. The second-order valence-corrected chi connectivity index (χ2v) is 5.22. The van der Waals surface area contributed by atoms with Crippen LogP contribution in [-0.2, 0) is 0 Å². The van der Waals surface area contributed by atoms with E-state index in [2.05, 4.69) is 11.6 Å². The Morgan fingerprint density at radius 2 is 2.33 bits per heavy atom. The standard InChI is InChI=1S/C10H12FN3O3S/c1-4-7(16)6(3-15)18-9(4)14-2-5(11)8(12)13-10(14)17/h2,6-7,9,15-16H,1,3H2,(H2,12,13,17)/t6-,7?,9-/m1/s1. The minimum atomic E-state index is -0.947. The predicted molar refractivity (Wildman–Crippen MR) is 65.5 cm³/mol. The van der Waals surface area contributed by atoms with Crippen molar-refractivity contribution in [2.24, 2.45) is 0 Å². The van der Waals surface area contributed by atoms with E-state index in [9.17, 15) is 14.3 Å². The normalized spacial score (nSPS) is 27.7. The summed E-state index contributed by atoms with van der Waals surface area (Å²) in [5, 5.41) is 17.7. The highest BCUT2D eigenvalue weighted by molar-refractivity contribution is 8.00. The van der Waals surface area contributed by atoms with Crippen molar-refractivity contribution in [2.75, 3.05) is 12.3 Å². The second kappa shape index (κ2) is 4.71. The van der Waals surface area contributed by atoms with Gasteiger partial charge in [-0.05, 0) is 5.57 Å². The molecule has 0 amide bonds. The summed E-state index contributed by atoms with van der Waals surface area (Å²) in [6.07, 6.45) is -0.0162. The zero-order chi connectivity index (χ0) is 13.4. The summed E-state index contributed by atoms with van der Waals surface area (Å²) in [7, 11) is 0. The van der Waals surface area contributed by atoms with E-state index in [-0.39, 0.29) is 6.61 Å². The molecule has 98 valence electrons. The molecule has 1 aliphatic rings. The number of hydrogen-bond donors (Lipinski definition) is 3. The van der Waals surface area contributed by atoms with Gasteiger partial charge in [0.1, 0.15) is 5.37 Å². The number of rotatable bonds is 2. The van der Waals surface area contributed by atoms with E-state index in [1.54, 1.807) is 0 Å². The molecule has 0 spiro atoms. The van der Waals surface area contributed by atoms with Crippen LogP contribution in [0.3, 0.4) is 0 Å². The van der Waals surface area contributed by atoms with E-state index in [0.29, 0.717) is 5.57 Å². The first-order valence-corrected chi connectivity index (χ1v) is 6.07. The molecular formula is C10H12FN3O3S. The second-order valence-electron chi connectivity index (χ2n) is 3.89. The number of aliphatic hydroxyl groups is 2. The zero-order valence-corrected chi connectivity index (χ0v) is 10.1. The van der Waals surface area contributed by atoms with Gasteiger partial charge in [0.05, 0.1) is 18.0 Å². The van der Waals surface area contributed by atoms with Crippen LogP contribution in [0, 0.1) is 5.82 Å². The van der Waals surface area contributed by atoms with Crippen molar-refractivity contribution in [3.8, 4) is 0 Å². The third-order valence-corrected chi connectivity index (χ3v) is 4.26. The molecule has 6 nitrogen and oxygen atoms in total. The molecule has 1 unspecified atom stereocenters. The van der Waals surface area contributed by atoms with Crippen LogP contribution >= 0.6 is 11.8 Å². The molecule has 8 heteroatoms. The molecule has 1 aliphatic heterocycles. The monoisotopic (exact) mass is 273 g/mol. The highest BCUT2D eigenvalue weighted by Crippen LogP contribution is 2.43. The van der Waals surface area contributed by atoms with E-state index in [1.807, 2.05) is 0 Å². The van der Waals surface area contributed by atoms with Crippen molar-refractivity contribution >= 4 is 17.6 Å². The quantitative estimate of drug-likeness (QED) is 0.627. The molecule has 3 atom stereocenters. The lowest BCUT2D eigenvalue weighted by atomic mass is 10.1. The lowest BCUT2D eigenvalue weighted by molar-refractivity contribution is 0.172. The van der Waals surface area contributed by atoms with Crippen LogP contribution in [0.5, 0.6) is 0 Å². The van der Waals surface area contributed by atoms with Crippen LogP contribution in [0.25, 0.3) is 0 Å². The van der Waals surface area contributed by atoms with E-state index >= 15 is 0 Å². The lowest BCUT2D eigenvalue weighted by Gasteiger charge is -2.14. The summed E-state index contributed by atoms with van der Waals surface area (Å²) in [6.45, 7) is 3.40. The van der Waals surface area contributed by atoms with Gasteiger partial charge in [0.15, 0.2) is 11.6 Å². The first-order chi connectivity index (χ1) is 8.45. The number of nitrogen functional groups attached to an aromatic ring is 1. The van der Waals surface area contributed by atoms with Crippen molar-refractivity contribution in [2.45, 2.75) is 16.7 Å². The number of nitrogens with zero attached hydrogens (tertiary/aromatic N) is 2. The first kappa shape index (κ1) is 13.1. The fourth-order valence-electron chi connectivity index (χ4n) is 1.72. The molecule has 2 rings (SSSR count). The smallest absolute Gasteiger partial charge is 0.350 e. The predicted octanol–water partition coefficient (Wildman–Crippen LogP) is -0.512. The van der Waals surface area contributed by atoms with Crippen LogP contribution in [0.2, 0.25) is 0 Å². The Kier molecular flexibility index (Phi) is 3.42. The van der Waals surface area contributed by atoms with Gasteiger partial charge in [-0.2, -0.15) is 4.98 Å². The molecule has 1 saturated heterocycles. The molecule has 18 heavy (non-hydrogen) atoms. The van der Waals surface area contributed by atoms with Crippen LogP contribution in [0.15, 0.2) is 23.1 Å². The highest BCUT2D eigenvalue weighted by Gasteiger charge is 2.38. The van der Waals surface area contributed by atoms with Gasteiger partial charge in [-0.3, -0.25) is 4.57 Å². The molecule has 0 saturated carbocycles. The Balaban J connectivity index is 2.42. The highest BCUT2D eigenvalue weighted by atomic mass is 32.2. The fraction of sp³-hybridized carbons (Fsp3) is 0.400.